The van der Waals surface area contributed by atoms with Crippen LogP contribution in [0.25, 0.3) is 0 Å². The van der Waals surface area contributed by atoms with Crippen LogP contribution in [0, 0.1) is 11.6 Å². The zero-order chi connectivity index (χ0) is 17.6. The second-order valence-electron chi connectivity index (χ2n) is 5.35. The quantitative estimate of drug-likeness (QED) is 0.725. The van der Waals surface area contributed by atoms with Crippen molar-refractivity contribution in [1.82, 2.24) is 0 Å². The first-order chi connectivity index (χ1) is 12.1. The van der Waals surface area contributed by atoms with Gasteiger partial charge in [-0.05, 0) is 42.0 Å². The van der Waals surface area contributed by atoms with Crippen LogP contribution >= 0.6 is 0 Å². The van der Waals surface area contributed by atoms with E-state index in [0.717, 1.165) is 23.4 Å². The number of rotatable bonds is 5. The fourth-order valence-corrected chi connectivity index (χ4v) is 2.24. The van der Waals surface area contributed by atoms with Gasteiger partial charge < -0.3 is 10.1 Å². The van der Waals surface area contributed by atoms with E-state index in [1.165, 1.54) is 6.07 Å². The van der Waals surface area contributed by atoms with E-state index in [2.05, 4.69) is 5.32 Å². The number of para-hydroxylation sites is 2. The maximum absolute atomic E-state index is 13.6. The van der Waals surface area contributed by atoms with Crippen molar-refractivity contribution in [3.05, 3.63) is 95.6 Å². The average molecular weight is 339 g/mol. The Balaban J connectivity index is 1.64. The maximum Gasteiger partial charge on any atom is 0.255 e. The molecule has 3 rings (SSSR count). The van der Waals surface area contributed by atoms with E-state index in [0.29, 0.717) is 12.2 Å². The molecule has 0 radical (unpaired) electrons. The summed E-state index contributed by atoms with van der Waals surface area (Å²) in [6.45, 7) is 0.355. The molecule has 0 atom stereocenters. The van der Waals surface area contributed by atoms with Crippen molar-refractivity contribution < 1.29 is 18.3 Å². The van der Waals surface area contributed by atoms with Gasteiger partial charge in [-0.3, -0.25) is 4.79 Å². The Hall–Kier alpha value is -3.21. The van der Waals surface area contributed by atoms with Crippen molar-refractivity contribution in [2.45, 2.75) is 6.61 Å². The Morgan fingerprint density at radius 1 is 0.840 bits per heavy atom. The lowest BCUT2D eigenvalue weighted by Crippen LogP contribution is -2.14. The van der Waals surface area contributed by atoms with Gasteiger partial charge in [-0.1, -0.05) is 36.4 Å². The number of halogens is 2. The van der Waals surface area contributed by atoms with Crippen molar-refractivity contribution in [3.63, 3.8) is 0 Å². The molecule has 0 saturated heterocycles. The molecule has 0 fully saturated rings. The third kappa shape index (κ3) is 4.20. The Labute approximate surface area is 143 Å². The predicted molar refractivity (Wildman–Crippen MR) is 91.5 cm³/mol. The van der Waals surface area contributed by atoms with Gasteiger partial charge in [-0.15, -0.1) is 0 Å². The first-order valence-electron chi connectivity index (χ1n) is 7.65. The van der Waals surface area contributed by atoms with Gasteiger partial charge in [0.25, 0.3) is 5.91 Å². The number of carbonyl (C=O) groups is 1. The summed E-state index contributed by atoms with van der Waals surface area (Å²) in [5.41, 5.74) is 0.715. The highest BCUT2D eigenvalue weighted by Crippen LogP contribution is 2.19. The second kappa shape index (κ2) is 7.57. The van der Waals surface area contributed by atoms with Crippen molar-refractivity contribution >= 4 is 11.6 Å². The van der Waals surface area contributed by atoms with Gasteiger partial charge in [0.05, 0.1) is 0 Å². The predicted octanol–water partition coefficient (Wildman–Crippen LogP) is 4.80. The van der Waals surface area contributed by atoms with Crippen molar-refractivity contribution in [1.29, 1.82) is 0 Å². The minimum absolute atomic E-state index is 0.297. The van der Waals surface area contributed by atoms with Crippen LogP contribution in [0.5, 0.6) is 5.75 Å². The van der Waals surface area contributed by atoms with Gasteiger partial charge in [0.1, 0.15) is 29.7 Å². The van der Waals surface area contributed by atoms with Gasteiger partial charge in [0, 0.05) is 5.56 Å². The fourth-order valence-electron chi connectivity index (χ4n) is 2.24. The Bertz CT molecular complexity index is 844. The molecule has 0 aliphatic carbocycles. The summed E-state index contributed by atoms with van der Waals surface area (Å²) in [6.07, 6.45) is 0. The molecule has 25 heavy (non-hydrogen) atoms. The molecule has 0 aliphatic heterocycles. The molecule has 5 heteroatoms. The van der Waals surface area contributed by atoms with Crippen molar-refractivity contribution in [3.8, 4) is 5.75 Å². The van der Waals surface area contributed by atoms with Crippen LogP contribution < -0.4 is 10.1 Å². The molecule has 0 aliphatic rings. The zero-order valence-electron chi connectivity index (χ0n) is 13.2. The molecule has 0 aromatic heterocycles. The molecule has 1 N–H and O–H groups in total. The monoisotopic (exact) mass is 339 g/mol. The molecule has 0 saturated carbocycles. The van der Waals surface area contributed by atoms with E-state index < -0.39 is 23.2 Å². The van der Waals surface area contributed by atoms with Gasteiger partial charge >= 0.3 is 0 Å². The normalized spacial score (nSPS) is 10.3. The van der Waals surface area contributed by atoms with Crippen LogP contribution in [0.15, 0.2) is 72.8 Å². The number of benzene rings is 3. The van der Waals surface area contributed by atoms with E-state index in [1.54, 1.807) is 24.3 Å². The minimum atomic E-state index is -0.818. The number of amides is 1. The molecule has 3 nitrogen and oxygen atoms in total. The van der Waals surface area contributed by atoms with Gasteiger partial charge in [0.2, 0.25) is 0 Å². The summed E-state index contributed by atoms with van der Waals surface area (Å²) in [6, 6.07) is 19.4. The van der Waals surface area contributed by atoms with Crippen molar-refractivity contribution in [2.75, 3.05) is 5.32 Å². The average Bonchev–Trinajstić information content (AvgIpc) is 2.64. The molecule has 0 unspecified atom stereocenters. The van der Waals surface area contributed by atoms with Gasteiger partial charge in [-0.25, -0.2) is 8.78 Å². The topological polar surface area (TPSA) is 38.3 Å². The molecule has 126 valence electrons. The second-order valence-corrected chi connectivity index (χ2v) is 5.35. The summed E-state index contributed by atoms with van der Waals surface area (Å²) < 4.78 is 32.8. The Morgan fingerprint density at radius 3 is 2.12 bits per heavy atom. The third-order valence-electron chi connectivity index (χ3n) is 3.57. The lowest BCUT2D eigenvalue weighted by molar-refractivity contribution is 0.102. The summed E-state index contributed by atoms with van der Waals surface area (Å²) in [5, 5.41) is 2.25. The lowest BCUT2D eigenvalue weighted by Gasteiger charge is -2.09. The number of nitrogens with one attached hydrogen (secondary N) is 1. The van der Waals surface area contributed by atoms with Crippen LogP contribution in [0.2, 0.25) is 0 Å². The van der Waals surface area contributed by atoms with Gasteiger partial charge in [0.15, 0.2) is 0 Å². The molecular weight excluding hydrogens is 324 g/mol. The van der Waals surface area contributed by atoms with Crippen molar-refractivity contribution in [2.24, 2.45) is 0 Å². The van der Waals surface area contributed by atoms with E-state index in [-0.39, 0.29) is 0 Å². The molecule has 0 heterocycles. The summed E-state index contributed by atoms with van der Waals surface area (Å²) in [5.74, 6) is -1.47. The van der Waals surface area contributed by atoms with Crippen LogP contribution in [0.1, 0.15) is 15.9 Å². The molecule has 1 amide bonds. The van der Waals surface area contributed by atoms with Crippen LogP contribution in [-0.2, 0) is 6.61 Å². The number of hydrogen-bond donors (Lipinski definition) is 1. The number of hydrogen-bond acceptors (Lipinski definition) is 2. The first kappa shape index (κ1) is 16.6. The van der Waals surface area contributed by atoms with Gasteiger partial charge in [-0.2, -0.15) is 0 Å². The number of carbonyl (C=O) groups excluding carboxylic acids is 1. The van der Waals surface area contributed by atoms with Crippen LogP contribution in [-0.4, -0.2) is 5.91 Å². The molecule has 0 bridgehead atoms. The van der Waals surface area contributed by atoms with E-state index in [4.69, 9.17) is 4.74 Å². The Kier molecular flexibility index (Phi) is 5.04. The smallest absolute Gasteiger partial charge is 0.255 e. The SMILES string of the molecule is O=C(Nc1c(F)cccc1F)c1ccc(COc2ccccc2)cc1. The molecular formula is C20H15F2NO2. The highest BCUT2D eigenvalue weighted by atomic mass is 19.1. The first-order valence-corrected chi connectivity index (χ1v) is 7.65. The fraction of sp³-hybridized carbons (Fsp3) is 0.0500. The molecule has 3 aromatic carbocycles. The highest BCUT2D eigenvalue weighted by molar-refractivity contribution is 6.04. The van der Waals surface area contributed by atoms with Crippen LogP contribution in [0.3, 0.4) is 0 Å². The summed E-state index contributed by atoms with van der Waals surface area (Å²) >= 11 is 0. The van der Waals surface area contributed by atoms with E-state index >= 15 is 0 Å². The number of anilines is 1. The van der Waals surface area contributed by atoms with E-state index in [9.17, 15) is 13.6 Å². The molecule has 0 spiro atoms. The maximum atomic E-state index is 13.6. The third-order valence-corrected chi connectivity index (χ3v) is 3.57. The van der Waals surface area contributed by atoms with Crippen LogP contribution in [0.4, 0.5) is 14.5 Å². The lowest BCUT2D eigenvalue weighted by atomic mass is 10.1. The minimum Gasteiger partial charge on any atom is -0.489 e. The standard InChI is InChI=1S/C20H15F2NO2/c21-17-7-4-8-18(22)19(17)23-20(24)15-11-9-14(10-12-15)13-25-16-5-2-1-3-6-16/h1-12H,13H2,(H,23,24). The zero-order valence-corrected chi connectivity index (χ0v) is 13.2. The number of ether oxygens (including phenoxy) is 1. The largest absolute Gasteiger partial charge is 0.489 e. The highest BCUT2D eigenvalue weighted by Gasteiger charge is 2.13. The summed E-state index contributed by atoms with van der Waals surface area (Å²) in [7, 11) is 0. The Morgan fingerprint density at radius 2 is 1.48 bits per heavy atom. The summed E-state index contributed by atoms with van der Waals surface area (Å²) in [4.78, 5) is 12.1. The van der Waals surface area contributed by atoms with E-state index in [1.807, 2.05) is 30.3 Å². The molecule has 3 aromatic rings.